The van der Waals surface area contributed by atoms with E-state index < -0.39 is 9.84 Å². The molecule has 8 heteroatoms. The Balaban J connectivity index is 1.35. The second-order valence-electron chi connectivity index (χ2n) is 8.28. The molecule has 3 aliphatic rings. The predicted molar refractivity (Wildman–Crippen MR) is 112 cm³/mol. The van der Waals surface area contributed by atoms with Crippen LogP contribution in [0.3, 0.4) is 0 Å². The van der Waals surface area contributed by atoms with Crippen LogP contribution in [0.2, 0.25) is 5.02 Å². The summed E-state index contributed by atoms with van der Waals surface area (Å²) < 4.78 is 23.7. The third-order valence-electron chi connectivity index (χ3n) is 6.07. The molecule has 0 spiro atoms. The van der Waals surface area contributed by atoms with E-state index >= 15 is 0 Å². The van der Waals surface area contributed by atoms with Crippen LogP contribution in [0.15, 0.2) is 18.2 Å². The highest BCUT2D eigenvalue weighted by atomic mass is 35.5. The quantitative estimate of drug-likeness (QED) is 0.721. The maximum absolute atomic E-state index is 13.0. The molecule has 2 aliphatic heterocycles. The van der Waals surface area contributed by atoms with E-state index in [-0.39, 0.29) is 29.5 Å². The average Bonchev–Trinajstić information content (AvgIpc) is 3.41. The zero-order valence-electron chi connectivity index (χ0n) is 16.3. The number of rotatable bonds is 5. The lowest BCUT2D eigenvalue weighted by atomic mass is 10.1. The summed E-state index contributed by atoms with van der Waals surface area (Å²) in [5.74, 6) is 0.445. The van der Waals surface area contributed by atoms with E-state index in [1.54, 1.807) is 0 Å². The van der Waals surface area contributed by atoms with Gasteiger partial charge in [0.15, 0.2) is 9.84 Å². The van der Waals surface area contributed by atoms with E-state index in [9.17, 15) is 13.2 Å². The first kappa shape index (κ1) is 20.0. The molecule has 1 saturated carbocycles. The number of carbonyl (C=O) groups excluding carboxylic acids is 1. The van der Waals surface area contributed by atoms with Crippen molar-refractivity contribution in [1.82, 2.24) is 9.80 Å². The number of piperazine rings is 1. The van der Waals surface area contributed by atoms with Crippen LogP contribution in [-0.4, -0.2) is 80.4 Å². The van der Waals surface area contributed by atoms with Crippen LogP contribution in [0.25, 0.3) is 0 Å². The summed E-state index contributed by atoms with van der Waals surface area (Å²) in [4.78, 5) is 19.4. The minimum absolute atomic E-state index is 0.0944. The maximum atomic E-state index is 13.0. The number of carbonyl (C=O) groups is 1. The van der Waals surface area contributed by atoms with Gasteiger partial charge in [0.1, 0.15) is 0 Å². The monoisotopic (exact) mass is 425 g/mol. The second kappa shape index (κ2) is 7.84. The van der Waals surface area contributed by atoms with Crippen molar-refractivity contribution in [2.75, 3.05) is 49.1 Å². The Kier molecular flexibility index (Phi) is 5.60. The first-order valence-electron chi connectivity index (χ1n) is 10.1. The molecule has 1 aromatic carbocycles. The molecule has 28 heavy (non-hydrogen) atoms. The number of hydrogen-bond acceptors (Lipinski definition) is 5. The van der Waals surface area contributed by atoms with Gasteiger partial charge >= 0.3 is 0 Å². The van der Waals surface area contributed by atoms with Crippen molar-refractivity contribution >= 4 is 33.0 Å². The van der Waals surface area contributed by atoms with Crippen molar-refractivity contribution in [2.45, 2.75) is 38.3 Å². The number of hydrogen-bond donors (Lipinski definition) is 0. The zero-order valence-corrected chi connectivity index (χ0v) is 17.9. The Labute approximate surface area is 172 Å². The number of nitrogens with zero attached hydrogens (tertiary/aromatic N) is 3. The third-order valence-corrected chi connectivity index (χ3v) is 8.06. The van der Waals surface area contributed by atoms with Crippen molar-refractivity contribution in [3.63, 3.8) is 0 Å². The number of benzene rings is 1. The van der Waals surface area contributed by atoms with Crippen molar-refractivity contribution < 1.29 is 13.2 Å². The lowest BCUT2D eigenvalue weighted by Gasteiger charge is -2.38. The number of aryl methyl sites for hydroxylation is 1. The molecule has 6 nitrogen and oxygen atoms in total. The third kappa shape index (κ3) is 4.47. The molecular formula is C20H28ClN3O3S. The Hall–Kier alpha value is -1.31. The van der Waals surface area contributed by atoms with E-state index in [1.807, 2.05) is 23.1 Å². The Morgan fingerprint density at radius 3 is 2.46 bits per heavy atom. The molecule has 0 N–H and O–H groups in total. The fraction of sp³-hybridized carbons (Fsp3) is 0.650. The summed E-state index contributed by atoms with van der Waals surface area (Å²) in [7, 11) is -2.98. The molecule has 0 aromatic heterocycles. The van der Waals surface area contributed by atoms with Gasteiger partial charge < -0.3 is 9.80 Å². The minimum Gasteiger partial charge on any atom is -0.369 e. The van der Waals surface area contributed by atoms with E-state index in [2.05, 4.69) is 16.7 Å². The molecule has 2 saturated heterocycles. The average molecular weight is 426 g/mol. The number of anilines is 1. The smallest absolute Gasteiger partial charge is 0.237 e. The summed E-state index contributed by atoms with van der Waals surface area (Å²) in [5, 5.41) is 0.741. The SMILES string of the molecule is Cc1ccc(Cl)cc1N1CCN(CC(=O)N(C2CC2)[C@@H]2CCS(=O)(=O)C2)CC1. The van der Waals surface area contributed by atoms with Gasteiger partial charge in [-0.15, -0.1) is 0 Å². The fourth-order valence-corrected chi connectivity index (χ4v) is 6.27. The van der Waals surface area contributed by atoms with Gasteiger partial charge in [0, 0.05) is 49.0 Å². The lowest BCUT2D eigenvalue weighted by Crippen LogP contribution is -2.52. The van der Waals surface area contributed by atoms with E-state index in [1.165, 1.54) is 5.56 Å². The number of amides is 1. The van der Waals surface area contributed by atoms with Crippen molar-refractivity contribution in [3.8, 4) is 0 Å². The zero-order chi connectivity index (χ0) is 19.9. The molecule has 3 fully saturated rings. The van der Waals surface area contributed by atoms with Gasteiger partial charge in [-0.3, -0.25) is 9.69 Å². The van der Waals surface area contributed by atoms with Gasteiger partial charge in [0.05, 0.1) is 18.1 Å². The minimum atomic E-state index is -2.98. The van der Waals surface area contributed by atoms with E-state index in [0.717, 1.165) is 49.7 Å². The van der Waals surface area contributed by atoms with Crippen LogP contribution in [-0.2, 0) is 14.6 Å². The van der Waals surface area contributed by atoms with Gasteiger partial charge in [-0.2, -0.15) is 0 Å². The predicted octanol–water partition coefficient (Wildman–Crippen LogP) is 1.95. The van der Waals surface area contributed by atoms with Gasteiger partial charge in [-0.1, -0.05) is 17.7 Å². The summed E-state index contributed by atoms with van der Waals surface area (Å²) in [6, 6.07) is 6.08. The molecule has 2 heterocycles. The molecule has 0 radical (unpaired) electrons. The Bertz CT molecular complexity index is 848. The highest BCUT2D eigenvalue weighted by molar-refractivity contribution is 7.91. The Morgan fingerprint density at radius 1 is 1.14 bits per heavy atom. The van der Waals surface area contributed by atoms with Crippen molar-refractivity contribution in [2.24, 2.45) is 0 Å². The van der Waals surface area contributed by atoms with Gasteiger partial charge in [-0.05, 0) is 43.9 Å². The Morgan fingerprint density at radius 2 is 1.86 bits per heavy atom. The van der Waals surface area contributed by atoms with Crippen LogP contribution < -0.4 is 4.90 Å². The van der Waals surface area contributed by atoms with Crippen molar-refractivity contribution in [3.05, 3.63) is 28.8 Å². The standard InChI is InChI=1S/C20H28ClN3O3S/c1-15-2-3-16(21)12-19(15)23-9-7-22(8-10-23)13-20(25)24(17-4-5-17)18-6-11-28(26,27)14-18/h2-3,12,17-18H,4-11,13-14H2,1H3/t18-/m1/s1. The summed E-state index contributed by atoms with van der Waals surface area (Å²) >= 11 is 6.16. The molecule has 1 aliphatic carbocycles. The van der Waals surface area contributed by atoms with Crippen LogP contribution in [0.5, 0.6) is 0 Å². The lowest BCUT2D eigenvalue weighted by molar-refractivity contribution is -0.135. The summed E-state index contributed by atoms with van der Waals surface area (Å²) in [5.41, 5.74) is 2.37. The molecule has 0 bridgehead atoms. The summed E-state index contributed by atoms with van der Waals surface area (Å²) in [6.07, 6.45) is 2.60. The second-order valence-corrected chi connectivity index (χ2v) is 10.9. The molecule has 1 amide bonds. The van der Waals surface area contributed by atoms with E-state index in [0.29, 0.717) is 13.0 Å². The van der Waals surface area contributed by atoms with E-state index in [4.69, 9.17) is 11.6 Å². The largest absolute Gasteiger partial charge is 0.369 e. The number of sulfone groups is 1. The topological polar surface area (TPSA) is 60.9 Å². The molecule has 154 valence electrons. The molecule has 0 unspecified atom stereocenters. The molecular weight excluding hydrogens is 398 g/mol. The first-order chi connectivity index (χ1) is 13.3. The van der Waals surface area contributed by atoms with Crippen LogP contribution >= 0.6 is 11.6 Å². The van der Waals surface area contributed by atoms with Crippen LogP contribution in [0, 0.1) is 6.92 Å². The van der Waals surface area contributed by atoms with Crippen LogP contribution in [0.4, 0.5) is 5.69 Å². The van der Waals surface area contributed by atoms with Gasteiger partial charge in [0.2, 0.25) is 5.91 Å². The first-order valence-corrected chi connectivity index (χ1v) is 12.3. The highest BCUT2D eigenvalue weighted by Gasteiger charge is 2.42. The maximum Gasteiger partial charge on any atom is 0.237 e. The molecule has 1 aromatic rings. The highest BCUT2D eigenvalue weighted by Crippen LogP contribution is 2.32. The van der Waals surface area contributed by atoms with Gasteiger partial charge in [0.25, 0.3) is 0 Å². The normalized spacial score (nSPS) is 25.1. The molecule has 1 atom stereocenters. The molecule has 4 rings (SSSR count). The van der Waals surface area contributed by atoms with Crippen molar-refractivity contribution in [1.29, 1.82) is 0 Å². The van der Waals surface area contributed by atoms with Crippen LogP contribution in [0.1, 0.15) is 24.8 Å². The fourth-order valence-electron chi connectivity index (χ4n) is 4.40. The number of halogens is 1. The summed E-state index contributed by atoms with van der Waals surface area (Å²) in [6.45, 7) is 5.82. The van der Waals surface area contributed by atoms with Gasteiger partial charge in [-0.25, -0.2) is 8.42 Å².